The first kappa shape index (κ1) is 62.5. The SMILES string of the molecule is CCCCCCC/C=C\C/C=C\CCCCCCCCCCCCCC(=O)OC(COC(=O)CCCCCCCCCCCCCCCCCCC)COP(=O)([O-])OCC[N+](C)(C)C. The third kappa shape index (κ3) is 49.9. The summed E-state index contributed by atoms with van der Waals surface area (Å²) in [6.45, 7) is 4.27. The summed E-state index contributed by atoms with van der Waals surface area (Å²) in [6, 6.07) is 0. The third-order valence-electron chi connectivity index (χ3n) is 12.0. The highest BCUT2D eigenvalue weighted by atomic mass is 31.2. The number of phosphoric acid groups is 1. The molecule has 64 heavy (non-hydrogen) atoms. The van der Waals surface area contributed by atoms with Crippen LogP contribution in [0.15, 0.2) is 24.3 Å². The van der Waals surface area contributed by atoms with E-state index in [9.17, 15) is 19.0 Å². The number of carbonyl (C=O) groups excluding carboxylic acids is 2. The molecule has 0 bridgehead atoms. The highest BCUT2D eigenvalue weighted by Gasteiger charge is 2.21. The van der Waals surface area contributed by atoms with Crippen LogP contribution in [0.25, 0.3) is 0 Å². The normalized spacial score (nSPS) is 13.5. The Morgan fingerprint density at radius 2 is 0.844 bits per heavy atom. The lowest BCUT2D eigenvalue weighted by Crippen LogP contribution is -2.37. The summed E-state index contributed by atoms with van der Waals surface area (Å²) in [5.74, 6) is -0.822. The van der Waals surface area contributed by atoms with Crippen molar-refractivity contribution in [1.29, 1.82) is 0 Å². The van der Waals surface area contributed by atoms with E-state index in [1.807, 2.05) is 21.1 Å². The van der Waals surface area contributed by atoms with Gasteiger partial charge in [0.2, 0.25) is 0 Å². The molecule has 10 heteroatoms. The monoisotopic (exact) mass is 926 g/mol. The molecule has 378 valence electrons. The van der Waals surface area contributed by atoms with Gasteiger partial charge in [0.15, 0.2) is 6.10 Å². The molecule has 0 N–H and O–H groups in total. The van der Waals surface area contributed by atoms with Gasteiger partial charge in [-0.15, -0.1) is 0 Å². The number of ether oxygens (including phenoxy) is 2. The molecule has 0 aromatic carbocycles. The molecule has 0 saturated carbocycles. The van der Waals surface area contributed by atoms with Crippen molar-refractivity contribution in [1.82, 2.24) is 0 Å². The fourth-order valence-corrected chi connectivity index (χ4v) is 8.48. The van der Waals surface area contributed by atoms with Gasteiger partial charge in [0, 0.05) is 12.8 Å². The Morgan fingerprint density at radius 3 is 1.23 bits per heavy atom. The van der Waals surface area contributed by atoms with Crippen molar-refractivity contribution in [3.05, 3.63) is 24.3 Å². The number of carbonyl (C=O) groups is 2. The smallest absolute Gasteiger partial charge is 0.306 e. The number of unbranched alkanes of at least 4 members (excludes halogenated alkanes) is 32. The number of rotatable bonds is 50. The molecular weight excluding hydrogens is 822 g/mol. The maximum Gasteiger partial charge on any atom is 0.306 e. The van der Waals surface area contributed by atoms with Crippen LogP contribution in [0.2, 0.25) is 0 Å². The van der Waals surface area contributed by atoms with Gasteiger partial charge in [-0.3, -0.25) is 14.2 Å². The zero-order valence-electron chi connectivity index (χ0n) is 42.7. The molecule has 0 aliphatic carbocycles. The fraction of sp³-hybridized carbons (Fsp3) is 0.889. The van der Waals surface area contributed by atoms with Gasteiger partial charge in [0.25, 0.3) is 7.82 Å². The molecule has 0 aliphatic rings. The highest BCUT2D eigenvalue weighted by Crippen LogP contribution is 2.38. The van der Waals surface area contributed by atoms with Gasteiger partial charge in [0.05, 0.1) is 27.7 Å². The predicted octanol–water partition coefficient (Wildman–Crippen LogP) is 15.6. The van der Waals surface area contributed by atoms with Crippen LogP contribution in [-0.2, 0) is 32.7 Å². The standard InChI is InChI=1S/C54H104NO8P/c1-6-8-10-12-14-16-18-20-22-24-25-26-27-28-29-31-33-35-37-39-41-43-45-47-54(57)63-52(51-62-64(58,59)61-49-48-55(3,4)5)50-60-53(56)46-44-42-40-38-36-34-32-30-23-21-19-17-15-13-11-9-7-2/h18,20,24-25,52H,6-17,19,21-23,26-51H2,1-5H3/b20-18-,25-24-. The maximum absolute atomic E-state index is 12.8. The van der Waals surface area contributed by atoms with Crippen molar-refractivity contribution >= 4 is 19.8 Å². The van der Waals surface area contributed by atoms with Crippen LogP contribution in [0.1, 0.15) is 258 Å². The summed E-state index contributed by atoms with van der Waals surface area (Å²) < 4.78 is 34.1. The maximum atomic E-state index is 12.8. The molecule has 2 atom stereocenters. The number of phosphoric ester groups is 1. The van der Waals surface area contributed by atoms with E-state index < -0.39 is 26.5 Å². The third-order valence-corrected chi connectivity index (χ3v) is 12.9. The lowest BCUT2D eigenvalue weighted by Gasteiger charge is -2.28. The molecule has 0 aromatic rings. The number of hydrogen-bond acceptors (Lipinski definition) is 8. The van der Waals surface area contributed by atoms with Crippen molar-refractivity contribution in [3.8, 4) is 0 Å². The lowest BCUT2D eigenvalue weighted by molar-refractivity contribution is -0.870. The van der Waals surface area contributed by atoms with E-state index in [0.29, 0.717) is 17.4 Å². The molecule has 0 aromatic heterocycles. The molecule has 0 heterocycles. The van der Waals surface area contributed by atoms with Crippen molar-refractivity contribution in [2.75, 3.05) is 47.5 Å². The largest absolute Gasteiger partial charge is 0.756 e. The van der Waals surface area contributed by atoms with Crippen LogP contribution in [0.4, 0.5) is 0 Å². The Bertz CT molecular complexity index is 1140. The van der Waals surface area contributed by atoms with Crippen LogP contribution in [-0.4, -0.2) is 70.0 Å². The topological polar surface area (TPSA) is 111 Å². The summed E-state index contributed by atoms with van der Waals surface area (Å²) >= 11 is 0. The number of esters is 2. The average Bonchev–Trinajstić information content (AvgIpc) is 3.25. The zero-order chi connectivity index (χ0) is 47.1. The van der Waals surface area contributed by atoms with Crippen molar-refractivity contribution in [2.45, 2.75) is 264 Å². The Hall–Kier alpha value is -1.51. The van der Waals surface area contributed by atoms with E-state index in [-0.39, 0.29) is 32.0 Å². The minimum absolute atomic E-state index is 0.0287. The molecule has 9 nitrogen and oxygen atoms in total. The molecule has 0 fully saturated rings. The van der Waals surface area contributed by atoms with E-state index in [0.717, 1.165) is 44.9 Å². The molecule has 0 aliphatic heterocycles. The fourth-order valence-electron chi connectivity index (χ4n) is 7.75. The van der Waals surface area contributed by atoms with Crippen LogP contribution < -0.4 is 4.89 Å². The highest BCUT2D eigenvalue weighted by molar-refractivity contribution is 7.45. The van der Waals surface area contributed by atoms with E-state index in [2.05, 4.69) is 38.2 Å². The Morgan fingerprint density at radius 1 is 0.484 bits per heavy atom. The van der Waals surface area contributed by atoms with Gasteiger partial charge in [-0.25, -0.2) is 0 Å². The first-order valence-corrected chi connectivity index (χ1v) is 28.5. The zero-order valence-corrected chi connectivity index (χ0v) is 43.6. The summed E-state index contributed by atoms with van der Waals surface area (Å²) in [6.07, 6.45) is 53.5. The van der Waals surface area contributed by atoms with Gasteiger partial charge in [-0.1, -0.05) is 224 Å². The minimum atomic E-state index is -4.63. The summed E-state index contributed by atoms with van der Waals surface area (Å²) in [5.41, 5.74) is 0. The average molecular weight is 926 g/mol. The van der Waals surface area contributed by atoms with Crippen LogP contribution in [0.3, 0.4) is 0 Å². The van der Waals surface area contributed by atoms with Crippen molar-refractivity contribution < 1.29 is 42.1 Å². The minimum Gasteiger partial charge on any atom is -0.756 e. The summed E-state index contributed by atoms with van der Waals surface area (Å²) in [5, 5.41) is 0. The Labute approximate surface area is 396 Å². The van der Waals surface area contributed by atoms with Crippen LogP contribution in [0, 0.1) is 0 Å². The van der Waals surface area contributed by atoms with Crippen LogP contribution >= 0.6 is 7.82 Å². The van der Waals surface area contributed by atoms with Gasteiger partial charge in [0.1, 0.15) is 19.8 Å². The van der Waals surface area contributed by atoms with Crippen LogP contribution in [0.5, 0.6) is 0 Å². The van der Waals surface area contributed by atoms with Gasteiger partial charge < -0.3 is 27.9 Å². The number of nitrogens with zero attached hydrogens (tertiary/aromatic N) is 1. The van der Waals surface area contributed by atoms with Gasteiger partial charge in [-0.05, 0) is 44.9 Å². The first-order chi connectivity index (χ1) is 31.0. The molecule has 0 saturated heterocycles. The summed E-state index contributed by atoms with van der Waals surface area (Å²) in [4.78, 5) is 37.8. The van der Waals surface area contributed by atoms with E-state index >= 15 is 0 Å². The van der Waals surface area contributed by atoms with Crippen molar-refractivity contribution in [2.24, 2.45) is 0 Å². The Kier molecular flexibility index (Phi) is 45.5. The molecule has 2 unspecified atom stereocenters. The van der Waals surface area contributed by atoms with E-state index in [4.69, 9.17) is 18.5 Å². The predicted molar refractivity (Wildman–Crippen MR) is 268 cm³/mol. The molecule has 0 amide bonds. The van der Waals surface area contributed by atoms with E-state index in [1.165, 1.54) is 180 Å². The molecule has 0 radical (unpaired) electrons. The van der Waals surface area contributed by atoms with Gasteiger partial charge in [-0.2, -0.15) is 0 Å². The summed E-state index contributed by atoms with van der Waals surface area (Å²) in [7, 11) is 1.18. The van der Waals surface area contributed by atoms with E-state index in [1.54, 1.807) is 0 Å². The second-order valence-corrected chi connectivity index (χ2v) is 21.0. The first-order valence-electron chi connectivity index (χ1n) is 27.0. The van der Waals surface area contributed by atoms with Gasteiger partial charge >= 0.3 is 11.9 Å². The quantitative estimate of drug-likeness (QED) is 0.0195. The molecule has 0 rings (SSSR count). The number of likely N-dealkylation sites (N-methyl/N-ethyl adjacent to an activating group) is 1. The number of hydrogen-bond donors (Lipinski definition) is 0. The molecular formula is C54H104NO8P. The number of allylic oxidation sites excluding steroid dienone is 4. The Balaban J connectivity index is 4.19. The number of quaternary nitrogens is 1. The molecule has 0 spiro atoms. The van der Waals surface area contributed by atoms with Crippen molar-refractivity contribution in [3.63, 3.8) is 0 Å². The second kappa shape index (κ2) is 46.6. The lowest BCUT2D eigenvalue weighted by atomic mass is 10.0. The second-order valence-electron chi connectivity index (χ2n) is 19.6.